The number of hydrogen-bond donors (Lipinski definition) is 0. The molecule has 1 aliphatic heterocycles. The van der Waals surface area contributed by atoms with Crippen molar-refractivity contribution in [2.45, 2.75) is 38.6 Å². The number of fused-ring (bicyclic) bond motifs is 1. The summed E-state index contributed by atoms with van der Waals surface area (Å²) in [6.07, 6.45) is 6.32. The van der Waals surface area contributed by atoms with E-state index in [1.165, 1.54) is 28.0 Å². The van der Waals surface area contributed by atoms with E-state index >= 15 is 0 Å². The van der Waals surface area contributed by atoms with Crippen molar-refractivity contribution in [1.29, 1.82) is 0 Å². The quantitative estimate of drug-likeness (QED) is 0.315. The molecule has 3 aromatic rings. The molecule has 0 bridgehead atoms. The zero-order valence-electron chi connectivity index (χ0n) is 22.1. The minimum atomic E-state index is -0.123. The van der Waals surface area contributed by atoms with Gasteiger partial charge in [0.1, 0.15) is 18.1 Å². The third-order valence-electron chi connectivity index (χ3n) is 7.61. The lowest BCUT2D eigenvalue weighted by atomic mass is 9.86. The highest BCUT2D eigenvalue weighted by Gasteiger charge is 2.27. The van der Waals surface area contributed by atoms with E-state index in [0.717, 1.165) is 55.8 Å². The molecular formula is C32H37NO4. The smallest absolute Gasteiger partial charge is 0.159 e. The molecule has 0 N–H and O–H groups in total. The number of piperidine rings is 1. The fourth-order valence-corrected chi connectivity index (χ4v) is 5.62. The predicted octanol–water partition coefficient (Wildman–Crippen LogP) is 6.49. The second kappa shape index (κ2) is 11.8. The van der Waals surface area contributed by atoms with E-state index < -0.39 is 0 Å². The van der Waals surface area contributed by atoms with Gasteiger partial charge in [0.25, 0.3) is 0 Å². The monoisotopic (exact) mass is 499 g/mol. The first-order valence-corrected chi connectivity index (χ1v) is 13.2. The van der Waals surface area contributed by atoms with Crippen LogP contribution in [0.15, 0.2) is 72.8 Å². The Bertz CT molecular complexity index is 1210. The molecular weight excluding hydrogens is 462 g/mol. The fraction of sp³-hybridized carbons (Fsp3) is 0.375. The average Bonchev–Trinajstić information content (AvgIpc) is 2.97. The molecule has 1 saturated heterocycles. The van der Waals surface area contributed by atoms with E-state index in [1.807, 2.05) is 18.2 Å². The van der Waals surface area contributed by atoms with Gasteiger partial charge >= 0.3 is 0 Å². The van der Waals surface area contributed by atoms with E-state index in [0.29, 0.717) is 12.5 Å². The molecule has 194 valence electrons. The van der Waals surface area contributed by atoms with E-state index in [4.69, 9.17) is 18.9 Å². The average molecular weight is 500 g/mol. The first-order valence-electron chi connectivity index (χ1n) is 13.2. The van der Waals surface area contributed by atoms with Crippen LogP contribution in [0.2, 0.25) is 0 Å². The number of benzene rings is 3. The van der Waals surface area contributed by atoms with Crippen LogP contribution >= 0.6 is 0 Å². The van der Waals surface area contributed by atoms with E-state index in [1.54, 1.807) is 21.3 Å². The summed E-state index contributed by atoms with van der Waals surface area (Å²) < 4.78 is 23.0. The molecule has 0 atom stereocenters. The van der Waals surface area contributed by atoms with Gasteiger partial charge in [-0.3, -0.25) is 0 Å². The van der Waals surface area contributed by atoms with Crippen LogP contribution in [0.1, 0.15) is 41.5 Å². The van der Waals surface area contributed by atoms with Crippen LogP contribution in [-0.4, -0.2) is 40.7 Å². The Balaban J connectivity index is 1.31. The third kappa shape index (κ3) is 5.68. The molecule has 1 aliphatic carbocycles. The van der Waals surface area contributed by atoms with Crippen molar-refractivity contribution in [3.63, 3.8) is 0 Å². The Labute approximate surface area is 220 Å². The van der Waals surface area contributed by atoms with Gasteiger partial charge in [-0.15, -0.1) is 0 Å². The minimum Gasteiger partial charge on any atom is -0.496 e. The fourth-order valence-electron chi connectivity index (χ4n) is 5.62. The molecule has 0 radical (unpaired) electrons. The minimum absolute atomic E-state index is 0.123. The van der Waals surface area contributed by atoms with Gasteiger partial charge in [0, 0.05) is 50.5 Å². The van der Waals surface area contributed by atoms with Gasteiger partial charge in [-0.25, -0.2) is 0 Å². The molecule has 3 aromatic carbocycles. The number of aryl methyl sites for hydroxylation is 1. The van der Waals surface area contributed by atoms with Crippen LogP contribution in [0.4, 0.5) is 5.69 Å². The Morgan fingerprint density at radius 3 is 2.35 bits per heavy atom. The van der Waals surface area contributed by atoms with Crippen LogP contribution in [0.25, 0.3) is 5.57 Å². The molecule has 5 nitrogen and oxygen atoms in total. The zero-order valence-corrected chi connectivity index (χ0v) is 22.1. The zero-order chi connectivity index (χ0) is 25.6. The Morgan fingerprint density at radius 2 is 1.62 bits per heavy atom. The summed E-state index contributed by atoms with van der Waals surface area (Å²) in [6, 6.07) is 23.4. The van der Waals surface area contributed by atoms with Crippen molar-refractivity contribution in [3.05, 3.63) is 95.1 Å². The topological polar surface area (TPSA) is 40.2 Å². The second-order valence-corrected chi connectivity index (χ2v) is 9.80. The summed E-state index contributed by atoms with van der Waals surface area (Å²) in [5.74, 6) is 2.26. The Hall–Kier alpha value is -3.28. The molecule has 0 spiro atoms. The largest absolute Gasteiger partial charge is 0.496 e. The number of anilines is 1. The van der Waals surface area contributed by atoms with Crippen molar-refractivity contribution in [3.8, 4) is 11.5 Å². The highest BCUT2D eigenvalue weighted by Crippen LogP contribution is 2.40. The maximum atomic E-state index is 6.10. The summed E-state index contributed by atoms with van der Waals surface area (Å²) in [4.78, 5) is 2.44. The SMILES string of the molecule is COc1cc(N2CCC(C(OC)OC)CC2)ccc1C1=CCCc2cc(OCc3ccccc3)ccc21. The lowest BCUT2D eigenvalue weighted by Gasteiger charge is -2.36. The number of methoxy groups -OCH3 is 3. The van der Waals surface area contributed by atoms with Crippen molar-refractivity contribution >= 4 is 11.3 Å². The van der Waals surface area contributed by atoms with E-state index in [-0.39, 0.29) is 6.29 Å². The maximum absolute atomic E-state index is 6.10. The second-order valence-electron chi connectivity index (χ2n) is 9.80. The van der Waals surface area contributed by atoms with Crippen LogP contribution in [0.3, 0.4) is 0 Å². The molecule has 2 aliphatic rings. The maximum Gasteiger partial charge on any atom is 0.159 e. The summed E-state index contributed by atoms with van der Waals surface area (Å²) >= 11 is 0. The van der Waals surface area contributed by atoms with Gasteiger partial charge in [-0.05, 0) is 72.2 Å². The third-order valence-corrected chi connectivity index (χ3v) is 7.61. The lowest BCUT2D eigenvalue weighted by molar-refractivity contribution is -0.141. The first kappa shape index (κ1) is 25.4. The van der Waals surface area contributed by atoms with Crippen molar-refractivity contribution in [2.75, 3.05) is 39.3 Å². The molecule has 0 amide bonds. The van der Waals surface area contributed by atoms with Crippen LogP contribution in [0, 0.1) is 5.92 Å². The van der Waals surface area contributed by atoms with Gasteiger partial charge in [-0.1, -0.05) is 42.5 Å². The van der Waals surface area contributed by atoms with Crippen LogP contribution in [0.5, 0.6) is 11.5 Å². The summed E-state index contributed by atoms with van der Waals surface area (Å²) in [7, 11) is 5.21. The molecule has 5 heteroatoms. The number of rotatable bonds is 9. The summed E-state index contributed by atoms with van der Waals surface area (Å²) in [5, 5.41) is 0. The Kier molecular flexibility index (Phi) is 8.12. The van der Waals surface area contributed by atoms with E-state index in [9.17, 15) is 0 Å². The highest BCUT2D eigenvalue weighted by molar-refractivity contribution is 5.86. The van der Waals surface area contributed by atoms with Crippen molar-refractivity contribution < 1.29 is 18.9 Å². The summed E-state index contributed by atoms with van der Waals surface area (Å²) in [6.45, 7) is 2.54. The molecule has 0 aromatic heterocycles. The van der Waals surface area contributed by atoms with E-state index in [2.05, 4.69) is 59.5 Å². The predicted molar refractivity (Wildman–Crippen MR) is 148 cm³/mol. The summed E-state index contributed by atoms with van der Waals surface area (Å²) in [5.41, 5.74) is 7.33. The van der Waals surface area contributed by atoms with Gasteiger partial charge in [0.2, 0.25) is 0 Å². The van der Waals surface area contributed by atoms with Gasteiger partial charge in [0.15, 0.2) is 6.29 Å². The van der Waals surface area contributed by atoms with Crippen molar-refractivity contribution in [1.82, 2.24) is 0 Å². The normalized spacial score (nSPS) is 15.9. The number of nitrogens with zero attached hydrogens (tertiary/aromatic N) is 1. The molecule has 1 heterocycles. The first-order chi connectivity index (χ1) is 18.2. The Morgan fingerprint density at radius 1 is 0.865 bits per heavy atom. The van der Waals surface area contributed by atoms with Crippen molar-refractivity contribution in [2.24, 2.45) is 5.92 Å². The van der Waals surface area contributed by atoms with Crippen LogP contribution in [-0.2, 0) is 22.5 Å². The molecule has 0 unspecified atom stereocenters. The lowest BCUT2D eigenvalue weighted by Crippen LogP contribution is -2.39. The van der Waals surface area contributed by atoms with Gasteiger partial charge in [-0.2, -0.15) is 0 Å². The molecule has 1 fully saturated rings. The van der Waals surface area contributed by atoms with Crippen LogP contribution < -0.4 is 14.4 Å². The number of ether oxygens (including phenoxy) is 4. The molecule has 0 saturated carbocycles. The molecule has 37 heavy (non-hydrogen) atoms. The standard InChI is InChI=1S/C32H37NO4/c1-34-31-21-26(33-18-16-24(17-19-33)32(35-2)36-3)12-14-30(31)29-11-7-10-25-20-27(13-15-28(25)29)37-22-23-8-5-4-6-9-23/h4-6,8-9,11-15,20-21,24,32H,7,10,16-19,22H2,1-3H3. The highest BCUT2D eigenvalue weighted by atomic mass is 16.7. The van der Waals surface area contributed by atoms with Gasteiger partial charge < -0.3 is 23.8 Å². The van der Waals surface area contributed by atoms with Gasteiger partial charge in [0.05, 0.1) is 7.11 Å². The molecule has 5 rings (SSSR count). The number of hydrogen-bond acceptors (Lipinski definition) is 5. The number of allylic oxidation sites excluding steroid dienone is 1.